The normalized spacial score (nSPS) is 13.2. The van der Waals surface area contributed by atoms with Crippen LogP contribution in [0.3, 0.4) is 0 Å². The van der Waals surface area contributed by atoms with Gasteiger partial charge < -0.3 is 24.0 Å². The number of methoxy groups -OCH3 is 3. The van der Waals surface area contributed by atoms with Crippen LogP contribution < -0.4 is 19.3 Å². The molecule has 0 bridgehead atoms. The van der Waals surface area contributed by atoms with E-state index >= 15 is 0 Å². The number of benzene rings is 3. The van der Waals surface area contributed by atoms with Crippen LogP contribution in [0.4, 0.5) is 11.4 Å². The second kappa shape index (κ2) is 35.7. The molecule has 0 aliphatic heterocycles. The molecule has 4 rings (SSSR count). The van der Waals surface area contributed by atoms with E-state index < -0.39 is 0 Å². The van der Waals surface area contributed by atoms with Crippen LogP contribution in [0.1, 0.15) is 204 Å². The zero-order chi connectivity index (χ0) is 50.7. The molecule has 71 heavy (non-hydrogen) atoms. The molecule has 1 aliphatic rings. The van der Waals surface area contributed by atoms with E-state index in [1.54, 1.807) is 28.4 Å². The van der Waals surface area contributed by atoms with Crippen molar-refractivity contribution in [3.63, 3.8) is 0 Å². The van der Waals surface area contributed by atoms with Crippen molar-refractivity contribution in [2.75, 3.05) is 64.4 Å². The lowest BCUT2D eigenvalue weighted by Crippen LogP contribution is -2.25. The van der Waals surface area contributed by atoms with Crippen LogP contribution in [0, 0.1) is 23.7 Å². The Balaban J connectivity index is 1.48. The Labute approximate surface area is 433 Å². The van der Waals surface area contributed by atoms with Gasteiger partial charge >= 0.3 is 5.78 Å². The molecule has 0 atom stereocenters. The maximum absolute atomic E-state index is 5.98. The lowest BCUT2D eigenvalue weighted by atomic mass is 9.95. The predicted molar refractivity (Wildman–Crippen MR) is 305 cm³/mol. The number of unbranched alkanes of at least 4 members (excludes halogenated alkanes) is 20. The standard InChI is InChI=1S/C65H93N2O4/c1-9-13-17-21-25-29-45-66(46-30-26-22-18-14-10-2)58-41-37-54(38-42-58)33-35-56-49-62(68-5)60(63(50-56)69-6)53-61-64(70-7)51-57(52-65(61)71-8)36-34-55-39-43-59(44-40-55)67(47-31-27-23-19-15-11-3)48-32-28-24-20-16-12-4/h37-44,49-53H,9-32,45-48H2,1-8H3/q+1. The van der Waals surface area contributed by atoms with Crippen molar-refractivity contribution in [2.24, 2.45) is 0 Å². The number of anilines is 2. The molecular formula is C65H93N2O4+. The van der Waals surface area contributed by atoms with Crippen LogP contribution in [-0.2, 0) is 9.16 Å². The Kier molecular flexibility index (Phi) is 29.3. The molecule has 0 aromatic heterocycles. The fourth-order valence-corrected chi connectivity index (χ4v) is 9.32. The van der Waals surface area contributed by atoms with Gasteiger partial charge in [0.05, 0.1) is 33.0 Å². The zero-order valence-electron chi connectivity index (χ0n) is 45.8. The lowest BCUT2D eigenvalue weighted by Gasteiger charge is -2.25. The summed E-state index contributed by atoms with van der Waals surface area (Å²) in [4.78, 5) is 5.18. The molecule has 0 saturated carbocycles. The number of hydrogen-bond acceptors (Lipinski definition) is 5. The second-order valence-electron chi connectivity index (χ2n) is 19.4. The highest BCUT2D eigenvalue weighted by atomic mass is 16.5. The Morgan fingerprint density at radius 2 is 0.803 bits per heavy atom. The number of carbonyl (C=O) groups excluding carboxylic acids is 1. The van der Waals surface area contributed by atoms with Gasteiger partial charge in [0.25, 0.3) is 7.11 Å². The van der Waals surface area contributed by atoms with E-state index in [0.29, 0.717) is 23.0 Å². The van der Waals surface area contributed by atoms with E-state index in [4.69, 9.17) is 18.6 Å². The van der Waals surface area contributed by atoms with Crippen molar-refractivity contribution >= 4 is 23.2 Å². The maximum Gasteiger partial charge on any atom is 0.355 e. The van der Waals surface area contributed by atoms with Gasteiger partial charge in [0.2, 0.25) is 0 Å². The SMILES string of the molecule is CCCCCCCCN(CCCCCCCC)c1ccc(C#CC2=CC(=[O+]C)/C(=C/c3c(OC)cc(C#Cc4ccc(N(CCCCCCCC)CCCCCCCC)cc4)cc3OC)C(OC)=C2)cc1. The molecule has 0 spiro atoms. The number of hydrogen-bond donors (Lipinski definition) is 0. The first-order valence-electron chi connectivity index (χ1n) is 28.0. The molecule has 6 nitrogen and oxygen atoms in total. The summed E-state index contributed by atoms with van der Waals surface area (Å²) in [6, 6.07) is 21.5. The summed E-state index contributed by atoms with van der Waals surface area (Å²) in [6.07, 6.45) is 37.4. The molecule has 0 N–H and O–H groups in total. The van der Waals surface area contributed by atoms with Crippen molar-refractivity contribution in [3.05, 3.63) is 112 Å². The van der Waals surface area contributed by atoms with E-state index in [2.05, 4.69) is 110 Å². The van der Waals surface area contributed by atoms with Gasteiger partial charge in [0.15, 0.2) is 0 Å². The van der Waals surface area contributed by atoms with Gasteiger partial charge in [-0.2, -0.15) is 0 Å². The van der Waals surface area contributed by atoms with Crippen LogP contribution >= 0.6 is 0 Å². The number of allylic oxidation sites excluding steroid dienone is 4. The topological polar surface area (TPSA) is 45.5 Å². The minimum atomic E-state index is 0.637. The maximum atomic E-state index is 5.98. The minimum absolute atomic E-state index is 0.637. The summed E-state index contributed by atoms with van der Waals surface area (Å²) in [5.74, 6) is 16.1. The molecule has 1 aliphatic carbocycles. The number of nitrogens with zero attached hydrogens (tertiary/aromatic N) is 2. The van der Waals surface area contributed by atoms with Crippen LogP contribution in [0.5, 0.6) is 11.5 Å². The van der Waals surface area contributed by atoms with Crippen molar-refractivity contribution in [2.45, 2.75) is 182 Å². The summed E-state index contributed by atoms with van der Waals surface area (Å²) in [5.41, 5.74) is 7.64. The summed E-state index contributed by atoms with van der Waals surface area (Å²) >= 11 is 0. The molecule has 0 amide bonds. The van der Waals surface area contributed by atoms with Gasteiger partial charge in [-0.25, -0.2) is 0 Å². The molecule has 386 valence electrons. The molecular weight excluding hydrogens is 873 g/mol. The first-order valence-corrected chi connectivity index (χ1v) is 28.0. The minimum Gasteiger partial charge on any atom is -0.496 e. The average molecular weight is 966 g/mol. The van der Waals surface area contributed by atoms with Crippen LogP contribution in [0.25, 0.3) is 6.08 Å². The van der Waals surface area contributed by atoms with E-state index in [0.717, 1.165) is 59.6 Å². The van der Waals surface area contributed by atoms with Crippen molar-refractivity contribution in [1.29, 1.82) is 0 Å². The quantitative estimate of drug-likeness (QED) is 0.0258. The van der Waals surface area contributed by atoms with Crippen LogP contribution in [-0.4, -0.2) is 60.4 Å². The van der Waals surface area contributed by atoms with Gasteiger partial charge in [-0.05, 0) is 98.5 Å². The summed E-state index contributed by atoms with van der Waals surface area (Å²) in [5, 5.41) is 0. The van der Waals surface area contributed by atoms with Crippen LogP contribution in [0.15, 0.2) is 89.7 Å². The second-order valence-corrected chi connectivity index (χ2v) is 19.4. The molecule has 0 heterocycles. The highest BCUT2D eigenvalue weighted by Gasteiger charge is 2.27. The third-order valence-corrected chi connectivity index (χ3v) is 13.7. The highest BCUT2D eigenvalue weighted by Crippen LogP contribution is 2.35. The molecule has 0 unspecified atom stereocenters. The van der Waals surface area contributed by atoms with Gasteiger partial charge in [-0.3, -0.25) is 4.42 Å². The first-order chi connectivity index (χ1) is 34.9. The molecule has 0 fully saturated rings. The zero-order valence-corrected chi connectivity index (χ0v) is 45.8. The Morgan fingerprint density at radius 1 is 0.437 bits per heavy atom. The molecule has 0 radical (unpaired) electrons. The monoisotopic (exact) mass is 966 g/mol. The fourth-order valence-electron chi connectivity index (χ4n) is 9.32. The highest BCUT2D eigenvalue weighted by molar-refractivity contribution is 6.13. The average Bonchev–Trinajstić information content (AvgIpc) is 3.40. The van der Waals surface area contributed by atoms with Crippen LogP contribution in [0.2, 0.25) is 0 Å². The Morgan fingerprint density at radius 3 is 1.17 bits per heavy atom. The van der Waals surface area contributed by atoms with Crippen molar-refractivity contribution < 1.29 is 18.6 Å². The van der Waals surface area contributed by atoms with Gasteiger partial charge in [0.1, 0.15) is 22.8 Å². The number of ether oxygens (including phenoxy) is 3. The van der Waals surface area contributed by atoms with Crippen molar-refractivity contribution in [3.8, 4) is 35.2 Å². The summed E-state index contributed by atoms with van der Waals surface area (Å²) < 4.78 is 23.9. The Bertz CT molecular complexity index is 2150. The first kappa shape index (κ1) is 58.2. The van der Waals surface area contributed by atoms with Gasteiger partial charge in [-0.15, -0.1) is 0 Å². The molecule has 3 aromatic rings. The summed E-state index contributed by atoms with van der Waals surface area (Å²) in [7, 11) is 6.69. The number of ketones is 1. The molecule has 0 saturated heterocycles. The lowest BCUT2D eigenvalue weighted by molar-refractivity contribution is -0.418. The fraction of sp³-hybridized carbons (Fsp3) is 0.554. The van der Waals surface area contributed by atoms with E-state index in [9.17, 15) is 0 Å². The largest absolute Gasteiger partial charge is 0.496 e. The van der Waals surface area contributed by atoms with E-state index in [-0.39, 0.29) is 0 Å². The smallest absolute Gasteiger partial charge is 0.355 e. The predicted octanol–water partition coefficient (Wildman–Crippen LogP) is 16.8. The van der Waals surface area contributed by atoms with E-state index in [1.165, 1.54) is 165 Å². The third kappa shape index (κ3) is 21.5. The summed E-state index contributed by atoms with van der Waals surface area (Å²) in [6.45, 7) is 13.6. The van der Waals surface area contributed by atoms with Crippen molar-refractivity contribution in [1.82, 2.24) is 0 Å². The number of rotatable bonds is 34. The van der Waals surface area contributed by atoms with Gasteiger partial charge in [-0.1, -0.05) is 180 Å². The van der Waals surface area contributed by atoms with Gasteiger partial charge in [0, 0.05) is 59.8 Å². The molecule has 6 heteroatoms. The van der Waals surface area contributed by atoms with E-state index in [1.807, 2.05) is 30.4 Å². The Hall–Kier alpha value is -5.33. The third-order valence-electron chi connectivity index (χ3n) is 13.7. The molecule has 3 aromatic carbocycles.